The normalized spacial score (nSPS) is 11.3. The van der Waals surface area contributed by atoms with Crippen molar-refractivity contribution in [2.45, 2.75) is 0 Å². The Kier molecular flexibility index (Phi) is 6.84. The van der Waals surface area contributed by atoms with E-state index in [0.717, 1.165) is 16.7 Å². The van der Waals surface area contributed by atoms with E-state index in [4.69, 9.17) is 0 Å². The molecule has 0 spiro atoms. The molecule has 2 nitrogen and oxygen atoms in total. The SMILES string of the molecule is c1ccc(-c2cc(-c3c4ccccc4c(-c4ccc(-c5cccnc5)cc4)c4ccccc34)c3ccccc3c2-c2cccnc2)cc1. The van der Waals surface area contributed by atoms with Crippen molar-refractivity contribution < 1.29 is 0 Å². The van der Waals surface area contributed by atoms with E-state index in [1.165, 1.54) is 71.3 Å². The minimum atomic E-state index is 1.11. The third-order valence-electron chi connectivity index (χ3n) is 9.45. The van der Waals surface area contributed by atoms with Gasteiger partial charge in [-0.25, -0.2) is 0 Å². The summed E-state index contributed by atoms with van der Waals surface area (Å²) in [5.41, 5.74) is 11.9. The van der Waals surface area contributed by atoms with Gasteiger partial charge in [-0.15, -0.1) is 0 Å². The highest BCUT2D eigenvalue weighted by Crippen LogP contribution is 2.49. The predicted octanol–water partition coefficient (Wildman–Crippen LogP) is 12.3. The third kappa shape index (κ3) is 4.66. The maximum atomic E-state index is 4.52. The van der Waals surface area contributed by atoms with Crippen LogP contribution in [0.3, 0.4) is 0 Å². The molecule has 2 heterocycles. The molecule has 0 aliphatic heterocycles. The van der Waals surface area contributed by atoms with Crippen LogP contribution in [0, 0.1) is 0 Å². The largest absolute Gasteiger partial charge is 0.264 e. The van der Waals surface area contributed by atoms with E-state index in [0.29, 0.717) is 0 Å². The highest BCUT2D eigenvalue weighted by Gasteiger charge is 2.21. The molecule has 9 aromatic rings. The molecule has 9 rings (SSSR count). The number of hydrogen-bond acceptors (Lipinski definition) is 2. The highest BCUT2D eigenvalue weighted by atomic mass is 14.6. The van der Waals surface area contributed by atoms with Crippen LogP contribution >= 0.6 is 0 Å². The number of fused-ring (bicyclic) bond motifs is 3. The minimum absolute atomic E-state index is 1.11. The van der Waals surface area contributed by atoms with Crippen LogP contribution in [0.5, 0.6) is 0 Å². The molecule has 0 radical (unpaired) electrons. The van der Waals surface area contributed by atoms with E-state index in [1.54, 1.807) is 0 Å². The van der Waals surface area contributed by atoms with Crippen molar-refractivity contribution in [1.29, 1.82) is 0 Å². The van der Waals surface area contributed by atoms with E-state index in [-0.39, 0.29) is 0 Å². The van der Waals surface area contributed by atoms with Crippen molar-refractivity contribution in [1.82, 2.24) is 9.97 Å². The lowest BCUT2D eigenvalue weighted by molar-refractivity contribution is 1.33. The molecule has 0 saturated carbocycles. The zero-order valence-corrected chi connectivity index (χ0v) is 26.2. The van der Waals surface area contributed by atoms with E-state index in [2.05, 4.69) is 156 Å². The zero-order valence-electron chi connectivity index (χ0n) is 26.2. The number of rotatable bonds is 5. The lowest BCUT2D eigenvalue weighted by atomic mass is 9.81. The number of nitrogens with zero attached hydrogens (tertiary/aromatic N) is 2. The number of pyridine rings is 2. The minimum Gasteiger partial charge on any atom is -0.264 e. The lowest BCUT2D eigenvalue weighted by Gasteiger charge is -2.22. The van der Waals surface area contributed by atoms with E-state index >= 15 is 0 Å². The van der Waals surface area contributed by atoms with Crippen LogP contribution in [-0.2, 0) is 0 Å². The predicted molar refractivity (Wildman–Crippen MR) is 202 cm³/mol. The van der Waals surface area contributed by atoms with E-state index in [9.17, 15) is 0 Å². The van der Waals surface area contributed by atoms with Gasteiger partial charge in [0.15, 0.2) is 0 Å². The maximum absolute atomic E-state index is 4.52. The molecule has 0 bridgehead atoms. The fourth-order valence-corrected chi connectivity index (χ4v) is 7.34. The van der Waals surface area contributed by atoms with Crippen LogP contribution in [0.2, 0.25) is 0 Å². The summed E-state index contributed by atoms with van der Waals surface area (Å²) < 4.78 is 0. The van der Waals surface area contributed by atoms with Crippen molar-refractivity contribution in [3.05, 3.63) is 183 Å². The van der Waals surface area contributed by atoms with Crippen molar-refractivity contribution in [2.24, 2.45) is 0 Å². The van der Waals surface area contributed by atoms with Gasteiger partial charge in [0.1, 0.15) is 0 Å². The van der Waals surface area contributed by atoms with Gasteiger partial charge in [0.2, 0.25) is 0 Å². The van der Waals surface area contributed by atoms with Gasteiger partial charge in [-0.1, -0.05) is 140 Å². The molecule has 2 aromatic heterocycles. The van der Waals surface area contributed by atoms with Gasteiger partial charge in [0.25, 0.3) is 0 Å². The summed E-state index contributed by atoms with van der Waals surface area (Å²) in [6, 6.07) is 57.0. The number of hydrogen-bond donors (Lipinski definition) is 0. The Morgan fingerprint density at radius 1 is 0.271 bits per heavy atom. The van der Waals surface area contributed by atoms with Crippen molar-refractivity contribution in [3.8, 4) is 55.6 Å². The maximum Gasteiger partial charge on any atom is 0.0346 e. The Morgan fingerprint density at radius 3 is 1.29 bits per heavy atom. The monoisotopic (exact) mass is 610 g/mol. The molecule has 7 aromatic carbocycles. The molecular weight excluding hydrogens is 581 g/mol. The van der Waals surface area contributed by atoms with Crippen LogP contribution in [0.1, 0.15) is 0 Å². The Hall–Kier alpha value is -6.38. The molecule has 0 atom stereocenters. The zero-order chi connectivity index (χ0) is 31.9. The van der Waals surface area contributed by atoms with Crippen molar-refractivity contribution >= 4 is 32.3 Å². The van der Waals surface area contributed by atoms with Gasteiger partial charge in [0, 0.05) is 30.4 Å². The smallest absolute Gasteiger partial charge is 0.0346 e. The van der Waals surface area contributed by atoms with Gasteiger partial charge in [0.05, 0.1) is 0 Å². The fraction of sp³-hybridized carbons (Fsp3) is 0. The average Bonchev–Trinajstić information content (AvgIpc) is 3.17. The Labute approximate surface area is 279 Å². The van der Waals surface area contributed by atoms with Crippen LogP contribution in [0.25, 0.3) is 88.0 Å². The summed E-state index contributed by atoms with van der Waals surface area (Å²) in [7, 11) is 0. The van der Waals surface area contributed by atoms with Gasteiger partial charge >= 0.3 is 0 Å². The second-order valence-electron chi connectivity index (χ2n) is 12.2. The van der Waals surface area contributed by atoms with Crippen LogP contribution in [0.15, 0.2) is 183 Å². The molecule has 0 unspecified atom stereocenters. The first-order valence-corrected chi connectivity index (χ1v) is 16.3. The first-order valence-electron chi connectivity index (χ1n) is 16.3. The average molecular weight is 611 g/mol. The van der Waals surface area contributed by atoms with Crippen LogP contribution in [-0.4, -0.2) is 9.97 Å². The molecule has 0 fully saturated rings. The summed E-state index contributed by atoms with van der Waals surface area (Å²) in [4.78, 5) is 8.85. The summed E-state index contributed by atoms with van der Waals surface area (Å²) in [5.74, 6) is 0. The van der Waals surface area contributed by atoms with Crippen molar-refractivity contribution in [3.63, 3.8) is 0 Å². The molecule has 0 N–H and O–H groups in total. The number of benzene rings is 7. The van der Waals surface area contributed by atoms with Gasteiger partial charge < -0.3 is 0 Å². The summed E-state index contributed by atoms with van der Waals surface area (Å²) >= 11 is 0. The molecule has 0 saturated heterocycles. The van der Waals surface area contributed by atoms with Crippen LogP contribution in [0.4, 0.5) is 0 Å². The summed E-state index contributed by atoms with van der Waals surface area (Å²) in [6.45, 7) is 0. The molecule has 48 heavy (non-hydrogen) atoms. The number of aromatic nitrogens is 2. The fourth-order valence-electron chi connectivity index (χ4n) is 7.34. The van der Waals surface area contributed by atoms with Crippen LogP contribution < -0.4 is 0 Å². The molecule has 0 amide bonds. The summed E-state index contributed by atoms with van der Waals surface area (Å²) in [6.07, 6.45) is 7.56. The highest BCUT2D eigenvalue weighted by molar-refractivity contribution is 6.25. The van der Waals surface area contributed by atoms with Gasteiger partial charge in [-0.3, -0.25) is 9.97 Å². The van der Waals surface area contributed by atoms with Gasteiger partial charge in [-0.2, -0.15) is 0 Å². The second kappa shape index (κ2) is 11.8. The Balaban J connectivity index is 1.37. The molecule has 224 valence electrons. The second-order valence-corrected chi connectivity index (χ2v) is 12.2. The molecular formula is C46H30N2. The van der Waals surface area contributed by atoms with Crippen molar-refractivity contribution in [2.75, 3.05) is 0 Å². The molecule has 2 heteroatoms. The quantitative estimate of drug-likeness (QED) is 0.181. The first-order chi connectivity index (χ1) is 23.8. The summed E-state index contributed by atoms with van der Waals surface area (Å²) in [5, 5.41) is 7.38. The molecule has 0 aliphatic carbocycles. The topological polar surface area (TPSA) is 25.8 Å². The molecule has 0 aliphatic rings. The standard InChI is InChI=1S/C46H30N2/c1-2-12-32(13-3-1)42-28-43(36-16-4-5-17-37(36)45(42)35-15-11-27-48-30-35)46-40-20-8-6-18-38(40)44(39-19-7-9-21-41(39)46)33-24-22-31(23-25-33)34-14-10-26-47-29-34/h1-30H. The van der Waals surface area contributed by atoms with Gasteiger partial charge in [-0.05, 0) is 101 Å². The Bertz CT molecular complexity index is 2520. The van der Waals surface area contributed by atoms with E-state index < -0.39 is 0 Å². The first kappa shape index (κ1) is 27.9. The lowest BCUT2D eigenvalue weighted by Crippen LogP contribution is -1.95. The Morgan fingerprint density at radius 2 is 0.729 bits per heavy atom. The van der Waals surface area contributed by atoms with E-state index in [1.807, 2.05) is 36.9 Å². The third-order valence-corrected chi connectivity index (χ3v) is 9.45.